The van der Waals surface area contributed by atoms with Crippen molar-refractivity contribution in [3.8, 4) is 0 Å². The summed E-state index contributed by atoms with van der Waals surface area (Å²) in [6.45, 7) is 27.2. The fourth-order valence-electron chi connectivity index (χ4n) is 8.36. The van der Waals surface area contributed by atoms with Gasteiger partial charge in [0.1, 0.15) is 23.6 Å². The van der Waals surface area contributed by atoms with Crippen LogP contribution >= 0.6 is 12.6 Å². The van der Waals surface area contributed by atoms with Crippen molar-refractivity contribution in [3.63, 3.8) is 0 Å². The van der Waals surface area contributed by atoms with Gasteiger partial charge in [-0.15, -0.1) is 0 Å². The third kappa shape index (κ3) is 39.1. The van der Waals surface area contributed by atoms with E-state index in [1.165, 1.54) is 56.3 Å². The monoisotopic (exact) mass is 1420 g/mol. The maximum absolute atomic E-state index is 12.5. The second-order valence-electron chi connectivity index (χ2n) is 21.1. The molecule has 2 amide bonds. The number of likely N-dealkylation sites (N-methyl/N-ethyl adjacent to an activating group) is 5. The first-order valence-electron chi connectivity index (χ1n) is 32.6. The number of nitrogens with one attached hydrogen (secondary N) is 3. The van der Waals surface area contributed by atoms with Crippen LogP contribution in [-0.4, -0.2) is 184 Å². The Balaban J connectivity index is -0.000000253. The van der Waals surface area contributed by atoms with Gasteiger partial charge in [0.05, 0.1) is 46.1 Å². The zero-order chi connectivity index (χ0) is 76.2. The lowest BCUT2D eigenvalue weighted by atomic mass is 10.0. The highest BCUT2D eigenvalue weighted by Crippen LogP contribution is 2.28. The molecular weight excluding hydrogens is 1300 g/mol. The zero-order valence-electron chi connectivity index (χ0n) is 61.0. The second-order valence-corrected chi connectivity index (χ2v) is 25.1. The number of Topliss-reactive ketones (excluding diaryl/α,β-unsaturated/α-hetero) is 7. The van der Waals surface area contributed by atoms with Gasteiger partial charge in [0.15, 0.2) is 32.9 Å². The number of amides is 2. The molecule has 0 heterocycles. The summed E-state index contributed by atoms with van der Waals surface area (Å²) < 4.78 is 52.6. The molecular formula is C66H117N9O18S3. The first-order valence-corrected chi connectivity index (χ1v) is 36.1. The predicted molar refractivity (Wildman–Crippen MR) is 381 cm³/mol. The summed E-state index contributed by atoms with van der Waals surface area (Å²) in [7, 11) is 1.43. The Labute approximate surface area is 578 Å². The van der Waals surface area contributed by atoms with E-state index in [1.54, 1.807) is 60.7 Å². The minimum atomic E-state index is -4.11. The Morgan fingerprint density at radius 3 is 1.17 bits per heavy atom. The van der Waals surface area contributed by atoms with Gasteiger partial charge in [0, 0.05) is 103 Å². The number of para-hydroxylation sites is 2. The number of nitrogens with two attached hydrogens (primary N) is 1. The van der Waals surface area contributed by atoms with Gasteiger partial charge < -0.3 is 35.8 Å². The van der Waals surface area contributed by atoms with Crippen molar-refractivity contribution in [2.24, 2.45) is 11.7 Å². The van der Waals surface area contributed by atoms with Crippen molar-refractivity contribution in [3.05, 3.63) is 68.8 Å². The fourth-order valence-corrected chi connectivity index (χ4v) is 11.7. The summed E-state index contributed by atoms with van der Waals surface area (Å²) >= 11 is 3.88. The van der Waals surface area contributed by atoms with Crippen LogP contribution in [0.25, 0.3) is 0 Å². The highest BCUT2D eigenvalue weighted by Gasteiger charge is 2.35. The van der Waals surface area contributed by atoms with Gasteiger partial charge in [-0.05, 0) is 78.7 Å². The normalized spacial score (nSPS) is 12.6. The van der Waals surface area contributed by atoms with Crippen LogP contribution in [0.5, 0.6) is 0 Å². The van der Waals surface area contributed by atoms with Crippen LogP contribution in [-0.2, 0) is 68.0 Å². The van der Waals surface area contributed by atoms with Crippen LogP contribution < -0.4 is 21.1 Å². The summed E-state index contributed by atoms with van der Waals surface area (Å²) in [6, 6.07) is 7.87. The van der Waals surface area contributed by atoms with Crippen LogP contribution in [0.1, 0.15) is 200 Å². The third-order valence-electron chi connectivity index (χ3n) is 14.7. The third-order valence-corrected chi connectivity index (χ3v) is 18.6. The molecule has 0 unspecified atom stereocenters. The molecule has 27 nitrogen and oxygen atoms in total. The SMILES string of the molecule is CCC(=O)[C@@H](C)CC.CCC(=O)[C@H](CC)N(C)C(=O)CC.CCC(=O)[C@H](CC)N(C)C(=O)CCC(C)=O.CCC(=O)[C@H](CC)N(C)S(=O)(=O)c1ccccc1[N+](=O)[O-].CCC(=O)[C@H](CC)NC.CCC(=O)[C@H](CC)NS(=O)(=O)c1ccccc1[N+](=O)[O-].CN.CN[C@H](C=O)CS. The predicted octanol–water partition coefficient (Wildman–Crippen LogP) is 9.04. The summed E-state index contributed by atoms with van der Waals surface area (Å²) in [4.78, 5) is 134. The lowest BCUT2D eigenvalue weighted by Crippen LogP contribution is -2.41. The minimum Gasteiger partial charge on any atom is -0.336 e. The van der Waals surface area contributed by atoms with E-state index < -0.39 is 63.1 Å². The smallest absolute Gasteiger partial charge is 0.289 e. The highest BCUT2D eigenvalue weighted by atomic mass is 32.2. The molecule has 96 heavy (non-hydrogen) atoms. The quantitative estimate of drug-likeness (QED) is 0.0184. The number of sulfonamides is 2. The van der Waals surface area contributed by atoms with Crippen molar-refractivity contribution in [2.75, 3.05) is 48.0 Å². The first kappa shape index (κ1) is 101. The topological polar surface area (TPSA) is 397 Å². The van der Waals surface area contributed by atoms with Crippen LogP contribution in [0.3, 0.4) is 0 Å². The summed E-state index contributed by atoms with van der Waals surface area (Å²) in [5, 5.41) is 27.5. The van der Waals surface area contributed by atoms with Gasteiger partial charge in [-0.3, -0.25) is 58.6 Å². The molecule has 0 aromatic heterocycles. The van der Waals surface area contributed by atoms with Crippen LogP contribution in [0.4, 0.5) is 11.4 Å². The van der Waals surface area contributed by atoms with Gasteiger partial charge in [0.25, 0.3) is 11.4 Å². The maximum Gasteiger partial charge on any atom is 0.289 e. The van der Waals surface area contributed by atoms with Gasteiger partial charge in [0.2, 0.25) is 31.9 Å². The molecule has 0 bridgehead atoms. The van der Waals surface area contributed by atoms with Crippen LogP contribution in [0.15, 0.2) is 58.3 Å². The number of nitro groups is 2. The van der Waals surface area contributed by atoms with E-state index in [1.807, 2.05) is 69.4 Å². The average Bonchev–Trinajstić information content (AvgIpc) is 0.806. The average molecular weight is 1420 g/mol. The zero-order valence-corrected chi connectivity index (χ0v) is 63.5. The molecule has 0 spiro atoms. The van der Waals surface area contributed by atoms with Gasteiger partial charge in [-0.25, -0.2) is 21.6 Å². The molecule has 0 aliphatic rings. The van der Waals surface area contributed by atoms with Crippen LogP contribution in [0, 0.1) is 26.1 Å². The van der Waals surface area contributed by atoms with Gasteiger partial charge in [-0.2, -0.15) is 16.9 Å². The number of rotatable bonds is 36. The Morgan fingerprint density at radius 2 is 0.885 bits per heavy atom. The number of hydrogen-bond acceptors (Lipinski definition) is 22. The molecule has 0 fully saturated rings. The number of benzene rings is 2. The van der Waals surface area contributed by atoms with Gasteiger partial charge >= 0.3 is 0 Å². The van der Waals surface area contributed by atoms with E-state index in [0.29, 0.717) is 68.7 Å². The Hall–Kier alpha value is -6.41. The van der Waals surface area contributed by atoms with Crippen molar-refractivity contribution in [1.29, 1.82) is 0 Å². The molecule has 2 aromatic carbocycles. The largest absolute Gasteiger partial charge is 0.336 e. The number of carbonyl (C=O) groups excluding carboxylic acids is 10. The Kier molecular flexibility index (Phi) is 60.4. The van der Waals surface area contributed by atoms with Crippen LogP contribution in [0.2, 0.25) is 0 Å². The number of thiol groups is 1. The molecule has 0 aliphatic carbocycles. The lowest BCUT2D eigenvalue weighted by Gasteiger charge is -2.25. The van der Waals surface area contributed by atoms with E-state index in [9.17, 15) is 85.0 Å². The molecule has 2 aromatic rings. The number of hydrogen-bond donors (Lipinski definition) is 5. The van der Waals surface area contributed by atoms with Crippen molar-refractivity contribution in [2.45, 2.75) is 246 Å². The summed E-state index contributed by atoms with van der Waals surface area (Å²) in [5.41, 5.74) is 3.49. The number of ketones is 7. The number of carbonyl (C=O) groups is 10. The molecule has 552 valence electrons. The van der Waals surface area contributed by atoms with Gasteiger partial charge in [-0.1, -0.05) is 121 Å². The Morgan fingerprint density at radius 1 is 0.521 bits per heavy atom. The van der Waals surface area contributed by atoms with E-state index in [0.717, 1.165) is 41.6 Å². The molecule has 2 rings (SSSR count). The van der Waals surface area contributed by atoms with Crippen molar-refractivity contribution in [1.82, 2.24) is 29.5 Å². The molecule has 0 aliphatic heterocycles. The molecule has 30 heteroatoms. The first-order chi connectivity index (χ1) is 44.9. The fraction of sp³-hybridized carbons (Fsp3) is 0.667. The second kappa shape index (κ2) is 57.6. The van der Waals surface area contributed by atoms with E-state index in [-0.39, 0.29) is 103 Å². The number of aldehydes is 1. The number of nitro benzene ring substituents is 2. The molecule has 0 saturated heterocycles. The molecule has 5 N–H and O–H groups in total. The summed E-state index contributed by atoms with van der Waals surface area (Å²) in [5.74, 6) is 1.17. The van der Waals surface area contributed by atoms with E-state index in [4.69, 9.17) is 0 Å². The Bertz CT molecular complexity index is 2890. The van der Waals surface area contributed by atoms with E-state index >= 15 is 0 Å². The molecule has 0 saturated carbocycles. The van der Waals surface area contributed by atoms with E-state index in [2.05, 4.69) is 33.7 Å². The summed E-state index contributed by atoms with van der Waals surface area (Å²) in [6.07, 6.45) is 8.19. The molecule has 0 radical (unpaired) electrons. The maximum atomic E-state index is 12.5. The minimum absolute atomic E-state index is 0.00313. The highest BCUT2D eigenvalue weighted by molar-refractivity contribution is 7.89. The van der Waals surface area contributed by atoms with Crippen molar-refractivity contribution < 1.29 is 74.6 Å². The molecule has 7 atom stereocenters. The standard InChI is InChI=1S/C13H18N2O5S.C12H16N2O5S.C12H21NO3.C10H19NO2.C7H15NO.C7H14O.C4H9NOS.CH5N/c1-4-10(12(16)5-2)14(3)21(19,20)13-9-7-6-8-11(13)15(17)18;1-3-9(11(15)4-2)13-20(18,19)12-8-6-5-7-10(12)14(16)17;1-5-10(11(15)6-2)13(4)12(16)8-7-9(3)14;1-5-8(9(12)6-2)11(4)10(13)7-3;1-4-6(8-3)7(9)5-2;1-4-6(3)7(8)5-2;1-5-4(2-6)3-7;1-2/h6-10H,4-5H2,1-3H3;5-9,13H,3-4H2,1-2H3;10H,5-8H2,1-4H3;8H,5-7H2,1-4H3;6,8H,4-5H2,1-3H3;6H,4-5H2,1-3H3;2,4-5,7H,3H2,1H3;2H2,1H3/t10-;9-;10-;8-;2*6-;4-;/m0000001./s1. The number of nitrogens with zero attached hydrogens (tertiary/aromatic N) is 5. The lowest BCUT2D eigenvalue weighted by molar-refractivity contribution is -0.388. The van der Waals surface area contributed by atoms with Crippen molar-refractivity contribution >= 4 is 103 Å².